The van der Waals surface area contributed by atoms with Crippen LogP contribution in [-0.2, 0) is 15.7 Å². The average Bonchev–Trinajstić information content (AvgIpc) is 2.93. The fourth-order valence-electron chi connectivity index (χ4n) is 2.62. The highest BCUT2D eigenvalue weighted by Crippen LogP contribution is 2.29. The highest BCUT2D eigenvalue weighted by atomic mass is 19.4. The molecular weight excluding hydrogens is 325 g/mol. The zero-order chi connectivity index (χ0) is 17.7. The van der Waals surface area contributed by atoms with E-state index in [0.717, 1.165) is 50.0 Å². The Hall–Kier alpha value is -1.61. The molecule has 2 heterocycles. The van der Waals surface area contributed by atoms with Crippen molar-refractivity contribution >= 4 is 5.91 Å². The third-order valence-corrected chi connectivity index (χ3v) is 4.01. The highest BCUT2D eigenvalue weighted by Gasteiger charge is 2.35. The summed E-state index contributed by atoms with van der Waals surface area (Å²) in [5, 5.41) is 6.27. The van der Waals surface area contributed by atoms with E-state index in [4.69, 9.17) is 4.74 Å². The number of carbonyl (C=O) groups excluding carboxylic acids is 1. The molecule has 0 saturated carbocycles. The lowest BCUT2D eigenvalue weighted by Gasteiger charge is -2.26. The number of alkyl halides is 3. The molecule has 1 aromatic heterocycles. The number of hydrogen-bond acceptors (Lipinski definition) is 4. The SMILES string of the molecule is Cc1cc(C(F)(F)F)nn1C(C)C(=O)NCCCN1CCOCC1. The van der Waals surface area contributed by atoms with Crippen LogP contribution in [0.25, 0.3) is 0 Å². The molecule has 0 aliphatic carbocycles. The lowest BCUT2D eigenvalue weighted by Crippen LogP contribution is -2.39. The van der Waals surface area contributed by atoms with E-state index < -0.39 is 17.9 Å². The molecule has 9 heteroatoms. The van der Waals surface area contributed by atoms with Gasteiger partial charge in [-0.15, -0.1) is 0 Å². The van der Waals surface area contributed by atoms with Gasteiger partial charge in [-0.25, -0.2) is 0 Å². The molecule has 1 aliphatic heterocycles. The molecule has 1 N–H and O–H groups in total. The lowest BCUT2D eigenvalue weighted by molar-refractivity contribution is -0.142. The monoisotopic (exact) mass is 348 g/mol. The molecule has 1 saturated heterocycles. The van der Waals surface area contributed by atoms with Crippen LogP contribution in [-0.4, -0.2) is 60.0 Å². The molecule has 1 aromatic rings. The van der Waals surface area contributed by atoms with Crippen molar-refractivity contribution in [1.29, 1.82) is 0 Å². The van der Waals surface area contributed by atoms with Gasteiger partial charge in [-0.1, -0.05) is 0 Å². The van der Waals surface area contributed by atoms with Gasteiger partial charge in [-0.2, -0.15) is 18.3 Å². The number of aromatic nitrogens is 2. The van der Waals surface area contributed by atoms with Crippen molar-refractivity contribution in [3.05, 3.63) is 17.5 Å². The number of rotatable bonds is 6. The van der Waals surface area contributed by atoms with Crippen LogP contribution in [0.15, 0.2) is 6.07 Å². The van der Waals surface area contributed by atoms with E-state index in [-0.39, 0.29) is 5.91 Å². The number of aryl methyl sites for hydroxylation is 1. The molecule has 1 fully saturated rings. The Morgan fingerprint density at radius 2 is 2.08 bits per heavy atom. The van der Waals surface area contributed by atoms with Crippen LogP contribution in [0.2, 0.25) is 0 Å². The largest absolute Gasteiger partial charge is 0.435 e. The molecule has 6 nitrogen and oxygen atoms in total. The lowest BCUT2D eigenvalue weighted by atomic mass is 10.3. The van der Waals surface area contributed by atoms with Crippen LogP contribution in [0.1, 0.15) is 30.8 Å². The van der Waals surface area contributed by atoms with Crippen LogP contribution < -0.4 is 5.32 Å². The van der Waals surface area contributed by atoms with Crippen LogP contribution in [0.4, 0.5) is 13.2 Å². The average molecular weight is 348 g/mol. The van der Waals surface area contributed by atoms with Gasteiger partial charge in [0.1, 0.15) is 6.04 Å². The van der Waals surface area contributed by atoms with Crippen LogP contribution in [0, 0.1) is 6.92 Å². The minimum absolute atomic E-state index is 0.304. The minimum atomic E-state index is -4.51. The van der Waals surface area contributed by atoms with E-state index in [0.29, 0.717) is 12.2 Å². The van der Waals surface area contributed by atoms with Crippen molar-refractivity contribution in [2.75, 3.05) is 39.4 Å². The summed E-state index contributed by atoms with van der Waals surface area (Å²) in [6, 6.07) is 0.159. The molecule has 1 atom stereocenters. The summed E-state index contributed by atoms with van der Waals surface area (Å²) in [5.74, 6) is -0.336. The first-order valence-electron chi connectivity index (χ1n) is 8.00. The highest BCUT2D eigenvalue weighted by molar-refractivity contribution is 5.79. The normalized spacial score (nSPS) is 17.7. The molecule has 1 amide bonds. The predicted octanol–water partition coefficient (Wildman–Crippen LogP) is 1.61. The van der Waals surface area contributed by atoms with Crippen LogP contribution in [0.3, 0.4) is 0 Å². The zero-order valence-corrected chi connectivity index (χ0v) is 13.9. The number of halogens is 3. The molecule has 0 aromatic carbocycles. The maximum Gasteiger partial charge on any atom is 0.435 e. The molecule has 1 aliphatic rings. The third kappa shape index (κ3) is 4.94. The minimum Gasteiger partial charge on any atom is -0.379 e. The van der Waals surface area contributed by atoms with E-state index in [2.05, 4.69) is 15.3 Å². The second-order valence-electron chi connectivity index (χ2n) is 5.89. The van der Waals surface area contributed by atoms with Gasteiger partial charge in [0.2, 0.25) is 5.91 Å². The van der Waals surface area contributed by atoms with E-state index in [1.54, 1.807) is 0 Å². The maximum atomic E-state index is 12.7. The van der Waals surface area contributed by atoms with Crippen molar-refractivity contribution in [3.63, 3.8) is 0 Å². The first kappa shape index (κ1) is 18.7. The van der Waals surface area contributed by atoms with Gasteiger partial charge >= 0.3 is 6.18 Å². The van der Waals surface area contributed by atoms with Crippen LogP contribution >= 0.6 is 0 Å². The summed E-state index contributed by atoms with van der Waals surface area (Å²) >= 11 is 0. The second kappa shape index (κ2) is 7.98. The summed E-state index contributed by atoms with van der Waals surface area (Å²) in [6.07, 6.45) is -3.73. The first-order chi connectivity index (χ1) is 11.3. The van der Waals surface area contributed by atoms with Crippen molar-refractivity contribution in [2.45, 2.75) is 32.5 Å². The van der Waals surface area contributed by atoms with Crippen molar-refractivity contribution in [1.82, 2.24) is 20.0 Å². The summed E-state index contributed by atoms with van der Waals surface area (Å²) in [7, 11) is 0. The number of amides is 1. The Balaban J connectivity index is 1.80. The summed E-state index contributed by atoms with van der Waals surface area (Å²) in [6.45, 7) is 7.60. The molecule has 24 heavy (non-hydrogen) atoms. The number of nitrogens with one attached hydrogen (secondary N) is 1. The quantitative estimate of drug-likeness (QED) is 0.794. The van der Waals surface area contributed by atoms with E-state index in [1.165, 1.54) is 13.8 Å². The van der Waals surface area contributed by atoms with Gasteiger partial charge in [-0.3, -0.25) is 14.4 Å². The Morgan fingerprint density at radius 3 is 2.67 bits per heavy atom. The van der Waals surface area contributed by atoms with E-state index >= 15 is 0 Å². The van der Waals surface area contributed by atoms with Crippen LogP contribution in [0.5, 0.6) is 0 Å². The van der Waals surface area contributed by atoms with Gasteiger partial charge in [0.15, 0.2) is 5.69 Å². The van der Waals surface area contributed by atoms with Gasteiger partial charge in [0, 0.05) is 25.3 Å². The van der Waals surface area contributed by atoms with Crippen molar-refractivity contribution in [3.8, 4) is 0 Å². The maximum absolute atomic E-state index is 12.7. The summed E-state index contributed by atoms with van der Waals surface area (Å²) in [5.41, 5.74) is -0.676. The molecular formula is C15H23F3N4O2. The molecule has 0 bridgehead atoms. The number of carbonyl (C=O) groups is 1. The van der Waals surface area contributed by atoms with Gasteiger partial charge in [0.25, 0.3) is 0 Å². The van der Waals surface area contributed by atoms with Crippen molar-refractivity contribution in [2.24, 2.45) is 0 Å². The molecule has 0 spiro atoms. The summed E-state index contributed by atoms with van der Waals surface area (Å²) in [4.78, 5) is 14.4. The second-order valence-corrected chi connectivity index (χ2v) is 5.89. The Labute approximate surface area is 138 Å². The topological polar surface area (TPSA) is 59.4 Å². The number of hydrogen-bond donors (Lipinski definition) is 1. The smallest absolute Gasteiger partial charge is 0.379 e. The van der Waals surface area contributed by atoms with Gasteiger partial charge in [-0.05, 0) is 32.9 Å². The van der Waals surface area contributed by atoms with Gasteiger partial charge in [0.05, 0.1) is 13.2 Å². The predicted molar refractivity (Wildman–Crippen MR) is 81.6 cm³/mol. The zero-order valence-electron chi connectivity index (χ0n) is 13.9. The van der Waals surface area contributed by atoms with E-state index in [1.807, 2.05) is 0 Å². The number of ether oxygens (including phenoxy) is 1. The fourth-order valence-corrected chi connectivity index (χ4v) is 2.62. The molecule has 136 valence electrons. The first-order valence-corrected chi connectivity index (χ1v) is 8.00. The fraction of sp³-hybridized carbons (Fsp3) is 0.733. The van der Waals surface area contributed by atoms with E-state index in [9.17, 15) is 18.0 Å². The summed E-state index contributed by atoms with van der Waals surface area (Å²) < 4.78 is 44.4. The Morgan fingerprint density at radius 1 is 1.42 bits per heavy atom. The number of morpholine rings is 1. The standard InChI is InChI=1S/C15H23F3N4O2/c1-11-10-13(15(16,17)18)20-22(11)12(2)14(23)19-4-3-5-21-6-8-24-9-7-21/h10,12H,3-9H2,1-2H3,(H,19,23). The Bertz CT molecular complexity index is 553. The number of nitrogens with zero attached hydrogens (tertiary/aromatic N) is 3. The Kier molecular flexibility index (Phi) is 6.22. The third-order valence-electron chi connectivity index (χ3n) is 4.01. The molecule has 2 rings (SSSR count). The molecule has 1 unspecified atom stereocenters. The molecule has 0 radical (unpaired) electrons. The van der Waals surface area contributed by atoms with Gasteiger partial charge < -0.3 is 10.1 Å². The van der Waals surface area contributed by atoms with Crippen molar-refractivity contribution < 1.29 is 22.7 Å².